The summed E-state index contributed by atoms with van der Waals surface area (Å²) in [6.45, 7) is 1.40. The minimum Gasteiger partial charge on any atom is -0.378 e. The van der Waals surface area contributed by atoms with Crippen LogP contribution in [0.15, 0.2) is 48.5 Å². The van der Waals surface area contributed by atoms with Crippen molar-refractivity contribution in [2.75, 3.05) is 51.2 Å². The van der Waals surface area contributed by atoms with E-state index in [0.29, 0.717) is 13.2 Å². The number of hydrogen-bond donors (Lipinski definition) is 0. The smallest absolute Gasteiger partial charge is 0.222 e. The van der Waals surface area contributed by atoms with Gasteiger partial charge in [-0.05, 0) is 37.1 Å². The van der Waals surface area contributed by atoms with Crippen LogP contribution in [0.3, 0.4) is 0 Å². The van der Waals surface area contributed by atoms with E-state index in [1.165, 1.54) is 0 Å². The van der Waals surface area contributed by atoms with Gasteiger partial charge in [0.25, 0.3) is 0 Å². The maximum absolute atomic E-state index is 6.31. The summed E-state index contributed by atoms with van der Waals surface area (Å²) in [6.07, 6.45) is 2.04. The molecule has 2 aromatic carbocycles. The number of hydrogen-bond acceptors (Lipinski definition) is 4. The van der Waals surface area contributed by atoms with Crippen LogP contribution in [0.25, 0.3) is 0 Å². The first-order valence-corrected chi connectivity index (χ1v) is 8.86. The van der Waals surface area contributed by atoms with Gasteiger partial charge in [0, 0.05) is 50.7 Å². The molecule has 0 saturated carbocycles. The Hall–Kier alpha value is -2.04. The summed E-state index contributed by atoms with van der Waals surface area (Å²) in [5, 5.41) is 0. The summed E-state index contributed by atoms with van der Waals surface area (Å²) in [5.74, 6) is -0.827. The van der Waals surface area contributed by atoms with Gasteiger partial charge >= 0.3 is 0 Å². The molecule has 0 spiro atoms. The minimum absolute atomic E-state index is 0.699. The molecule has 0 atom stereocenters. The van der Waals surface area contributed by atoms with Gasteiger partial charge in [0.05, 0.1) is 13.2 Å². The van der Waals surface area contributed by atoms with Crippen molar-refractivity contribution in [1.29, 1.82) is 0 Å². The van der Waals surface area contributed by atoms with Gasteiger partial charge in [-0.15, -0.1) is 0 Å². The van der Waals surface area contributed by atoms with Crippen molar-refractivity contribution in [2.24, 2.45) is 0 Å². The van der Waals surface area contributed by atoms with Gasteiger partial charge in [-0.3, -0.25) is 0 Å². The summed E-state index contributed by atoms with van der Waals surface area (Å²) in [5.41, 5.74) is 4.40. The van der Waals surface area contributed by atoms with Crippen LogP contribution in [0.4, 0.5) is 11.4 Å². The van der Waals surface area contributed by atoms with Gasteiger partial charge in [0.15, 0.2) is 0 Å². The molecule has 0 aromatic heterocycles. The zero-order chi connectivity index (χ0) is 17.9. The topological polar surface area (TPSA) is 24.9 Å². The maximum Gasteiger partial charge on any atom is 0.222 e. The Morgan fingerprint density at radius 1 is 0.640 bits per heavy atom. The predicted octanol–water partition coefficient (Wildman–Crippen LogP) is 3.85. The van der Waals surface area contributed by atoms with Gasteiger partial charge in [-0.1, -0.05) is 24.3 Å². The first kappa shape index (κ1) is 17.8. The van der Waals surface area contributed by atoms with Crippen molar-refractivity contribution in [3.63, 3.8) is 0 Å². The molecule has 1 fully saturated rings. The van der Waals surface area contributed by atoms with E-state index in [4.69, 9.17) is 9.47 Å². The van der Waals surface area contributed by atoms with Crippen molar-refractivity contribution in [3.05, 3.63) is 59.7 Å². The van der Waals surface area contributed by atoms with Crippen molar-refractivity contribution in [1.82, 2.24) is 0 Å². The largest absolute Gasteiger partial charge is 0.378 e. The molecule has 1 aliphatic heterocycles. The van der Waals surface area contributed by atoms with Crippen LogP contribution >= 0.6 is 0 Å². The third kappa shape index (κ3) is 3.65. The molecule has 0 aliphatic carbocycles. The second kappa shape index (κ2) is 7.46. The van der Waals surface area contributed by atoms with Gasteiger partial charge in [0.1, 0.15) is 0 Å². The summed E-state index contributed by atoms with van der Waals surface area (Å²) in [7, 11) is 8.18. The molecule has 4 nitrogen and oxygen atoms in total. The number of anilines is 2. The fourth-order valence-electron chi connectivity index (χ4n) is 3.14. The number of benzene rings is 2. The molecule has 2 aromatic rings. The Labute approximate surface area is 151 Å². The molecule has 1 saturated heterocycles. The zero-order valence-electron chi connectivity index (χ0n) is 15.7. The fraction of sp³-hybridized carbons (Fsp3) is 0.429. The normalized spacial score (nSPS) is 17.0. The maximum atomic E-state index is 6.31. The van der Waals surface area contributed by atoms with Crippen molar-refractivity contribution >= 4 is 11.4 Å². The lowest BCUT2D eigenvalue weighted by molar-refractivity contribution is -0.204. The summed E-state index contributed by atoms with van der Waals surface area (Å²) >= 11 is 0. The molecule has 3 rings (SSSR count). The molecule has 1 heterocycles. The van der Waals surface area contributed by atoms with E-state index in [9.17, 15) is 0 Å². The highest BCUT2D eigenvalue weighted by atomic mass is 16.7. The molecular weight excluding hydrogens is 312 g/mol. The van der Waals surface area contributed by atoms with Crippen LogP contribution in [0.5, 0.6) is 0 Å². The lowest BCUT2D eigenvalue weighted by Crippen LogP contribution is -2.34. The molecular formula is C21H28N2O2. The molecule has 0 radical (unpaired) electrons. The first-order valence-electron chi connectivity index (χ1n) is 8.86. The van der Waals surface area contributed by atoms with E-state index in [1.807, 2.05) is 28.2 Å². The highest BCUT2D eigenvalue weighted by molar-refractivity contribution is 5.51. The summed E-state index contributed by atoms with van der Waals surface area (Å²) < 4.78 is 12.6. The average molecular weight is 340 g/mol. The van der Waals surface area contributed by atoms with E-state index in [0.717, 1.165) is 35.3 Å². The second-order valence-corrected chi connectivity index (χ2v) is 6.90. The Bertz CT molecular complexity index is 617. The van der Waals surface area contributed by atoms with E-state index < -0.39 is 5.79 Å². The van der Waals surface area contributed by atoms with Gasteiger partial charge in [-0.25, -0.2) is 0 Å². The minimum atomic E-state index is -0.827. The molecule has 1 aliphatic rings. The SMILES string of the molecule is CN(C)c1ccc(C2(c3ccc(N(C)C)cc3)OCCCCO2)cc1. The van der Waals surface area contributed by atoms with Gasteiger partial charge in [0.2, 0.25) is 5.79 Å². The van der Waals surface area contributed by atoms with E-state index in [-0.39, 0.29) is 0 Å². The van der Waals surface area contributed by atoms with Crippen LogP contribution in [0.1, 0.15) is 24.0 Å². The van der Waals surface area contributed by atoms with Crippen LogP contribution in [-0.2, 0) is 15.3 Å². The van der Waals surface area contributed by atoms with Crippen LogP contribution in [-0.4, -0.2) is 41.4 Å². The second-order valence-electron chi connectivity index (χ2n) is 6.90. The first-order chi connectivity index (χ1) is 12.0. The Balaban J connectivity index is 2.03. The third-order valence-corrected chi connectivity index (χ3v) is 4.68. The van der Waals surface area contributed by atoms with Gasteiger partial charge in [-0.2, -0.15) is 0 Å². The Morgan fingerprint density at radius 3 is 1.32 bits per heavy atom. The standard InChI is InChI=1S/C21H28N2O2/c1-22(2)19-11-7-17(8-12-19)21(24-15-5-6-16-25-21)18-9-13-20(14-10-18)23(3)4/h7-14H,5-6,15-16H2,1-4H3. The average Bonchev–Trinajstić information content (AvgIpc) is 2.89. The molecule has 0 amide bonds. The van der Waals surface area contributed by atoms with Crippen molar-refractivity contribution in [2.45, 2.75) is 18.6 Å². The lowest BCUT2D eigenvalue weighted by atomic mass is 9.96. The molecule has 0 unspecified atom stereocenters. The zero-order valence-corrected chi connectivity index (χ0v) is 15.7. The molecule has 4 heteroatoms. The summed E-state index contributed by atoms with van der Waals surface area (Å²) in [6, 6.07) is 16.9. The molecule has 25 heavy (non-hydrogen) atoms. The van der Waals surface area contributed by atoms with Crippen LogP contribution < -0.4 is 9.80 Å². The van der Waals surface area contributed by atoms with Crippen molar-refractivity contribution < 1.29 is 9.47 Å². The number of ether oxygens (including phenoxy) is 2. The quantitative estimate of drug-likeness (QED) is 0.844. The number of rotatable bonds is 4. The molecule has 134 valence electrons. The van der Waals surface area contributed by atoms with Crippen LogP contribution in [0, 0.1) is 0 Å². The van der Waals surface area contributed by atoms with E-state index in [1.54, 1.807) is 0 Å². The van der Waals surface area contributed by atoms with E-state index >= 15 is 0 Å². The lowest BCUT2D eigenvalue weighted by Gasteiger charge is -2.34. The number of nitrogens with zero attached hydrogens (tertiary/aromatic N) is 2. The monoisotopic (exact) mass is 340 g/mol. The molecule has 0 bridgehead atoms. The third-order valence-electron chi connectivity index (χ3n) is 4.68. The highest BCUT2D eigenvalue weighted by Gasteiger charge is 2.38. The van der Waals surface area contributed by atoms with Crippen molar-refractivity contribution in [3.8, 4) is 0 Å². The Morgan fingerprint density at radius 2 is 1.00 bits per heavy atom. The highest BCUT2D eigenvalue weighted by Crippen LogP contribution is 2.38. The van der Waals surface area contributed by atoms with Gasteiger partial charge < -0.3 is 19.3 Å². The Kier molecular flexibility index (Phi) is 5.30. The molecule has 0 N–H and O–H groups in total. The van der Waals surface area contributed by atoms with Crippen LogP contribution in [0.2, 0.25) is 0 Å². The van der Waals surface area contributed by atoms with E-state index in [2.05, 4.69) is 58.3 Å². The predicted molar refractivity (Wildman–Crippen MR) is 103 cm³/mol. The summed E-state index contributed by atoms with van der Waals surface area (Å²) in [4.78, 5) is 4.19. The fourth-order valence-corrected chi connectivity index (χ4v) is 3.14.